The second-order valence-corrected chi connectivity index (χ2v) is 8.41. The molecule has 130 valence electrons. The lowest BCUT2D eigenvalue weighted by Gasteiger charge is -2.27. The minimum absolute atomic E-state index is 0.0587. The Kier molecular flexibility index (Phi) is 5.83. The van der Waals surface area contributed by atoms with Gasteiger partial charge in [0, 0.05) is 23.7 Å². The fraction of sp³-hybridized carbons (Fsp3) is 0.412. The Morgan fingerprint density at radius 3 is 2.58 bits per heavy atom. The number of pyridine rings is 1. The molecule has 0 fully saturated rings. The fourth-order valence-electron chi connectivity index (χ4n) is 2.64. The Hall–Kier alpha value is -1.66. The van der Waals surface area contributed by atoms with Gasteiger partial charge in [0.1, 0.15) is 10.8 Å². The first-order valence-electron chi connectivity index (χ1n) is 7.85. The van der Waals surface area contributed by atoms with Crippen LogP contribution in [0.3, 0.4) is 0 Å². The fourth-order valence-corrected chi connectivity index (χ4v) is 4.06. The van der Waals surface area contributed by atoms with Crippen LogP contribution in [0, 0.1) is 0 Å². The number of hydrogen-bond donors (Lipinski definition) is 0. The van der Waals surface area contributed by atoms with Crippen molar-refractivity contribution in [1.29, 1.82) is 0 Å². The molecule has 1 heterocycles. The molecule has 7 heteroatoms. The number of benzene rings is 1. The van der Waals surface area contributed by atoms with Gasteiger partial charge in [0.2, 0.25) is 0 Å². The SMILES string of the molecule is CCN(C(=O)c1cc2ccccc2c(Cl)n1)C(C)CS(=O)(=O)CC. The molecule has 0 saturated carbocycles. The van der Waals surface area contributed by atoms with Gasteiger partial charge in [-0.15, -0.1) is 0 Å². The number of carbonyl (C=O) groups excluding carboxylic acids is 1. The van der Waals surface area contributed by atoms with E-state index in [0.29, 0.717) is 6.54 Å². The molecule has 0 radical (unpaired) electrons. The van der Waals surface area contributed by atoms with Gasteiger partial charge >= 0.3 is 0 Å². The molecular formula is C17H21ClN2O3S. The second-order valence-electron chi connectivity index (χ2n) is 5.66. The van der Waals surface area contributed by atoms with Gasteiger partial charge in [-0.3, -0.25) is 4.79 Å². The summed E-state index contributed by atoms with van der Waals surface area (Å²) < 4.78 is 23.7. The highest BCUT2D eigenvalue weighted by molar-refractivity contribution is 7.91. The second kappa shape index (κ2) is 7.49. The van der Waals surface area contributed by atoms with Gasteiger partial charge in [-0.25, -0.2) is 13.4 Å². The summed E-state index contributed by atoms with van der Waals surface area (Å²) in [6, 6.07) is 8.68. The van der Waals surface area contributed by atoms with E-state index in [0.717, 1.165) is 10.8 Å². The molecule has 1 aromatic heterocycles. The molecular weight excluding hydrogens is 348 g/mol. The van der Waals surface area contributed by atoms with Crippen LogP contribution in [-0.2, 0) is 9.84 Å². The number of amides is 1. The number of sulfone groups is 1. The van der Waals surface area contributed by atoms with Crippen molar-refractivity contribution in [3.8, 4) is 0 Å². The van der Waals surface area contributed by atoms with Crippen LogP contribution >= 0.6 is 11.6 Å². The third kappa shape index (κ3) is 4.05. The standard InChI is InChI=1S/C17H21ClN2O3S/c1-4-20(12(3)11-24(22,23)5-2)17(21)15-10-13-8-6-7-9-14(13)16(18)19-15/h6-10,12H,4-5,11H2,1-3H3. The number of nitrogens with zero attached hydrogens (tertiary/aromatic N) is 2. The van der Waals surface area contributed by atoms with Crippen molar-refractivity contribution < 1.29 is 13.2 Å². The number of halogens is 1. The largest absolute Gasteiger partial charge is 0.334 e. The molecule has 0 N–H and O–H groups in total. The van der Waals surface area contributed by atoms with Crippen LogP contribution in [0.1, 0.15) is 31.3 Å². The molecule has 0 spiro atoms. The van der Waals surface area contributed by atoms with Crippen LogP contribution < -0.4 is 0 Å². The van der Waals surface area contributed by atoms with Gasteiger partial charge in [0.25, 0.3) is 5.91 Å². The van der Waals surface area contributed by atoms with E-state index in [1.54, 1.807) is 19.9 Å². The molecule has 0 aliphatic carbocycles. The molecule has 5 nitrogen and oxygen atoms in total. The summed E-state index contributed by atoms with van der Waals surface area (Å²) in [5, 5.41) is 1.87. The summed E-state index contributed by atoms with van der Waals surface area (Å²) in [6.07, 6.45) is 0. The minimum atomic E-state index is -3.17. The summed E-state index contributed by atoms with van der Waals surface area (Å²) in [5.74, 6) is -0.322. The first-order chi connectivity index (χ1) is 11.3. The van der Waals surface area contributed by atoms with E-state index < -0.39 is 15.9 Å². The van der Waals surface area contributed by atoms with Crippen molar-refractivity contribution in [1.82, 2.24) is 9.88 Å². The van der Waals surface area contributed by atoms with Gasteiger partial charge in [-0.1, -0.05) is 42.8 Å². The first-order valence-corrected chi connectivity index (χ1v) is 10.1. The minimum Gasteiger partial charge on any atom is -0.334 e. The van der Waals surface area contributed by atoms with Crippen molar-refractivity contribution in [2.45, 2.75) is 26.8 Å². The number of fused-ring (bicyclic) bond motifs is 1. The van der Waals surface area contributed by atoms with Crippen LogP contribution in [0.25, 0.3) is 10.8 Å². The Bertz CT molecular complexity index is 852. The Morgan fingerprint density at radius 1 is 1.29 bits per heavy atom. The molecule has 1 aromatic carbocycles. The van der Waals surface area contributed by atoms with Gasteiger partial charge in [-0.05, 0) is 25.3 Å². The van der Waals surface area contributed by atoms with Gasteiger partial charge < -0.3 is 4.90 Å². The van der Waals surface area contributed by atoms with Gasteiger partial charge in [0.15, 0.2) is 9.84 Å². The van der Waals surface area contributed by atoms with E-state index in [1.807, 2.05) is 31.2 Å². The van der Waals surface area contributed by atoms with E-state index in [2.05, 4.69) is 4.98 Å². The topological polar surface area (TPSA) is 67.3 Å². The number of rotatable bonds is 6. The lowest BCUT2D eigenvalue weighted by molar-refractivity contribution is 0.0713. The zero-order valence-corrected chi connectivity index (χ0v) is 15.6. The van der Waals surface area contributed by atoms with Crippen LogP contribution in [0.4, 0.5) is 0 Å². The summed E-state index contributed by atoms with van der Waals surface area (Å²) >= 11 is 6.18. The van der Waals surface area contributed by atoms with Crippen LogP contribution in [0.15, 0.2) is 30.3 Å². The maximum atomic E-state index is 12.8. The normalized spacial score (nSPS) is 13.0. The summed E-state index contributed by atoms with van der Waals surface area (Å²) in [7, 11) is -3.17. The van der Waals surface area contributed by atoms with Crippen LogP contribution in [0.2, 0.25) is 5.15 Å². The highest BCUT2D eigenvalue weighted by atomic mass is 35.5. The average molecular weight is 369 g/mol. The third-order valence-corrected chi connectivity index (χ3v) is 6.14. The summed E-state index contributed by atoms with van der Waals surface area (Å²) in [6.45, 7) is 5.54. The Morgan fingerprint density at radius 2 is 1.96 bits per heavy atom. The van der Waals surface area contributed by atoms with Crippen molar-refractivity contribution in [2.75, 3.05) is 18.1 Å². The highest BCUT2D eigenvalue weighted by Gasteiger charge is 2.25. The average Bonchev–Trinajstić information content (AvgIpc) is 2.55. The number of carbonyl (C=O) groups is 1. The smallest absolute Gasteiger partial charge is 0.272 e. The van der Waals surface area contributed by atoms with E-state index in [-0.39, 0.29) is 28.3 Å². The maximum absolute atomic E-state index is 12.8. The molecule has 24 heavy (non-hydrogen) atoms. The van der Waals surface area contributed by atoms with Gasteiger partial charge in [0.05, 0.1) is 5.75 Å². The molecule has 1 amide bonds. The lowest BCUT2D eigenvalue weighted by Crippen LogP contribution is -2.42. The summed E-state index contributed by atoms with van der Waals surface area (Å²) in [4.78, 5) is 18.5. The molecule has 0 aliphatic rings. The summed E-state index contributed by atoms with van der Waals surface area (Å²) in [5.41, 5.74) is 0.223. The molecule has 0 aliphatic heterocycles. The van der Waals surface area contributed by atoms with E-state index in [1.165, 1.54) is 4.90 Å². The maximum Gasteiger partial charge on any atom is 0.272 e. The van der Waals surface area contributed by atoms with Crippen LogP contribution in [0.5, 0.6) is 0 Å². The number of hydrogen-bond acceptors (Lipinski definition) is 4. The van der Waals surface area contributed by atoms with Crippen molar-refractivity contribution in [2.24, 2.45) is 0 Å². The van der Waals surface area contributed by atoms with E-state index >= 15 is 0 Å². The van der Waals surface area contributed by atoms with Crippen LogP contribution in [-0.4, -0.2) is 48.3 Å². The molecule has 1 unspecified atom stereocenters. The number of aromatic nitrogens is 1. The predicted octanol–water partition coefficient (Wildman–Crippen LogP) is 3.17. The monoisotopic (exact) mass is 368 g/mol. The molecule has 2 rings (SSSR count). The van der Waals surface area contributed by atoms with Crippen molar-refractivity contribution >= 4 is 38.1 Å². The molecule has 1 atom stereocenters. The van der Waals surface area contributed by atoms with Crippen molar-refractivity contribution in [3.05, 3.63) is 41.2 Å². The van der Waals surface area contributed by atoms with E-state index in [4.69, 9.17) is 11.6 Å². The third-order valence-electron chi connectivity index (χ3n) is 3.98. The zero-order chi connectivity index (χ0) is 17.9. The predicted molar refractivity (Wildman–Crippen MR) is 97.3 cm³/mol. The molecule has 0 saturated heterocycles. The van der Waals surface area contributed by atoms with Gasteiger partial charge in [-0.2, -0.15) is 0 Å². The zero-order valence-electron chi connectivity index (χ0n) is 14.0. The first kappa shape index (κ1) is 18.7. The van der Waals surface area contributed by atoms with E-state index in [9.17, 15) is 13.2 Å². The Balaban J connectivity index is 2.35. The molecule has 2 aromatic rings. The lowest BCUT2D eigenvalue weighted by atomic mass is 10.1. The van der Waals surface area contributed by atoms with Crippen molar-refractivity contribution in [3.63, 3.8) is 0 Å². The highest BCUT2D eigenvalue weighted by Crippen LogP contribution is 2.23. The Labute approximate surface area is 147 Å². The quantitative estimate of drug-likeness (QED) is 0.734. The molecule has 0 bridgehead atoms.